The van der Waals surface area contributed by atoms with Crippen LogP contribution in [-0.4, -0.2) is 17.9 Å². The van der Waals surface area contributed by atoms with Gasteiger partial charge in [0.05, 0.1) is 5.56 Å². The van der Waals surface area contributed by atoms with Gasteiger partial charge in [-0.15, -0.1) is 0 Å². The first kappa shape index (κ1) is 21.8. The number of hydrogen-bond acceptors (Lipinski definition) is 5. The van der Waals surface area contributed by atoms with Gasteiger partial charge >= 0.3 is 11.6 Å². The number of carbonyl (C=O) groups is 2. The largest absolute Gasteiger partial charge is 0.423 e. The molecule has 1 aliphatic rings. The van der Waals surface area contributed by atoms with Crippen LogP contribution in [0.2, 0.25) is 0 Å². The SMILES string of the molecule is Cc1cc(C)c(C(=O)Oc2ccc3cc(C(=O)NC4CCCCC4)c(=O)oc3c2)c(C)c1. The van der Waals surface area contributed by atoms with E-state index in [2.05, 4.69) is 5.32 Å². The van der Waals surface area contributed by atoms with Gasteiger partial charge in [-0.25, -0.2) is 9.59 Å². The van der Waals surface area contributed by atoms with E-state index in [9.17, 15) is 14.4 Å². The van der Waals surface area contributed by atoms with Crippen molar-refractivity contribution in [3.05, 3.63) is 74.6 Å². The Balaban J connectivity index is 1.56. The number of benzene rings is 2. The minimum absolute atomic E-state index is 0.0151. The maximum atomic E-state index is 12.7. The molecule has 4 rings (SSSR count). The summed E-state index contributed by atoms with van der Waals surface area (Å²) in [4.78, 5) is 37.8. The van der Waals surface area contributed by atoms with Gasteiger partial charge in [0.15, 0.2) is 0 Å². The second-order valence-electron chi connectivity index (χ2n) is 8.62. The maximum absolute atomic E-state index is 12.7. The molecular weight excluding hydrogens is 406 g/mol. The molecular formula is C26H27NO5. The van der Waals surface area contributed by atoms with Crippen LogP contribution >= 0.6 is 0 Å². The lowest BCUT2D eigenvalue weighted by atomic mass is 9.95. The molecule has 166 valence electrons. The molecule has 1 heterocycles. The van der Waals surface area contributed by atoms with Crippen LogP contribution in [0.4, 0.5) is 0 Å². The van der Waals surface area contributed by atoms with Crippen LogP contribution in [0.1, 0.15) is 69.5 Å². The van der Waals surface area contributed by atoms with Gasteiger partial charge in [-0.2, -0.15) is 0 Å². The predicted molar refractivity (Wildman–Crippen MR) is 122 cm³/mol. The number of amides is 1. The zero-order valence-corrected chi connectivity index (χ0v) is 18.6. The van der Waals surface area contributed by atoms with Crippen molar-refractivity contribution in [3.63, 3.8) is 0 Å². The average Bonchev–Trinajstić information content (AvgIpc) is 2.73. The molecule has 6 nitrogen and oxygen atoms in total. The van der Waals surface area contributed by atoms with Crippen LogP contribution in [0.5, 0.6) is 5.75 Å². The molecule has 0 unspecified atom stereocenters. The third-order valence-electron chi connectivity index (χ3n) is 5.98. The molecule has 1 aliphatic carbocycles. The number of carbonyl (C=O) groups excluding carboxylic acids is 2. The second kappa shape index (κ2) is 8.99. The van der Waals surface area contributed by atoms with Crippen LogP contribution in [0.3, 0.4) is 0 Å². The number of rotatable bonds is 4. The van der Waals surface area contributed by atoms with Crippen molar-refractivity contribution in [1.29, 1.82) is 0 Å². The van der Waals surface area contributed by atoms with Gasteiger partial charge < -0.3 is 14.5 Å². The highest BCUT2D eigenvalue weighted by Crippen LogP contribution is 2.24. The number of ether oxygens (including phenoxy) is 1. The van der Waals surface area contributed by atoms with Crippen molar-refractivity contribution in [2.75, 3.05) is 0 Å². The fourth-order valence-electron chi connectivity index (χ4n) is 4.48. The van der Waals surface area contributed by atoms with E-state index >= 15 is 0 Å². The first-order valence-electron chi connectivity index (χ1n) is 11.0. The van der Waals surface area contributed by atoms with E-state index in [0.717, 1.165) is 42.4 Å². The molecule has 0 spiro atoms. The number of esters is 1. The molecule has 2 aromatic carbocycles. The molecule has 0 saturated heterocycles. The molecule has 3 aromatic rings. The van der Waals surface area contributed by atoms with Crippen LogP contribution in [0.25, 0.3) is 11.0 Å². The van der Waals surface area contributed by atoms with Gasteiger partial charge in [-0.3, -0.25) is 4.79 Å². The molecule has 0 bridgehead atoms. The third kappa shape index (κ3) is 4.59. The van der Waals surface area contributed by atoms with Crippen molar-refractivity contribution in [3.8, 4) is 5.75 Å². The van der Waals surface area contributed by atoms with Crippen molar-refractivity contribution in [2.45, 2.75) is 58.9 Å². The summed E-state index contributed by atoms with van der Waals surface area (Å²) in [6.45, 7) is 5.72. The summed E-state index contributed by atoms with van der Waals surface area (Å²) < 4.78 is 10.9. The number of aryl methyl sites for hydroxylation is 3. The summed E-state index contributed by atoms with van der Waals surface area (Å²) in [5, 5.41) is 3.53. The maximum Gasteiger partial charge on any atom is 0.349 e. The standard InChI is InChI=1S/C26H27NO5/c1-15-11-16(2)23(17(3)12-15)26(30)31-20-10-9-18-13-21(25(29)32-22(18)14-20)24(28)27-19-7-5-4-6-8-19/h9-14,19H,4-8H2,1-3H3,(H,27,28). The molecule has 0 atom stereocenters. The fraction of sp³-hybridized carbons (Fsp3) is 0.346. The van der Waals surface area contributed by atoms with Crippen LogP contribution < -0.4 is 15.7 Å². The summed E-state index contributed by atoms with van der Waals surface area (Å²) >= 11 is 0. The lowest BCUT2D eigenvalue weighted by Gasteiger charge is -2.22. The van der Waals surface area contributed by atoms with Crippen molar-refractivity contribution < 1.29 is 18.7 Å². The van der Waals surface area contributed by atoms with Gasteiger partial charge in [-0.1, -0.05) is 37.0 Å². The molecule has 1 fully saturated rings. The Labute approximate surface area is 186 Å². The lowest BCUT2D eigenvalue weighted by Crippen LogP contribution is -2.38. The number of hydrogen-bond donors (Lipinski definition) is 1. The van der Waals surface area contributed by atoms with E-state index in [1.165, 1.54) is 18.6 Å². The van der Waals surface area contributed by atoms with Crippen LogP contribution in [0, 0.1) is 20.8 Å². The zero-order valence-electron chi connectivity index (χ0n) is 18.6. The van der Waals surface area contributed by atoms with Gasteiger partial charge in [0.25, 0.3) is 5.91 Å². The highest BCUT2D eigenvalue weighted by molar-refractivity contribution is 5.97. The Kier molecular flexibility index (Phi) is 6.12. The van der Waals surface area contributed by atoms with Crippen molar-refractivity contribution in [1.82, 2.24) is 5.32 Å². The number of fused-ring (bicyclic) bond motifs is 1. The quantitative estimate of drug-likeness (QED) is 0.355. The molecule has 0 radical (unpaired) electrons. The van der Waals surface area contributed by atoms with Gasteiger partial charge in [0, 0.05) is 17.5 Å². The van der Waals surface area contributed by atoms with Crippen molar-refractivity contribution in [2.24, 2.45) is 0 Å². The summed E-state index contributed by atoms with van der Waals surface area (Å²) in [6, 6.07) is 10.3. The van der Waals surface area contributed by atoms with Crippen molar-refractivity contribution >= 4 is 22.8 Å². The zero-order chi connectivity index (χ0) is 22.8. The first-order valence-corrected chi connectivity index (χ1v) is 11.0. The Hall–Kier alpha value is -3.41. The minimum atomic E-state index is -0.709. The smallest absolute Gasteiger partial charge is 0.349 e. The number of nitrogens with one attached hydrogen (secondary N) is 1. The van der Waals surface area contributed by atoms with E-state index in [1.54, 1.807) is 12.1 Å². The Morgan fingerprint density at radius 2 is 1.66 bits per heavy atom. The Morgan fingerprint density at radius 1 is 0.969 bits per heavy atom. The summed E-state index contributed by atoms with van der Waals surface area (Å²) in [5.74, 6) is -0.608. The normalized spacial score (nSPS) is 14.3. The highest BCUT2D eigenvalue weighted by atomic mass is 16.5. The molecule has 1 N–H and O–H groups in total. The summed E-state index contributed by atoms with van der Waals surface area (Å²) in [6.07, 6.45) is 5.21. The molecule has 1 amide bonds. The molecule has 6 heteroatoms. The highest BCUT2D eigenvalue weighted by Gasteiger charge is 2.20. The minimum Gasteiger partial charge on any atom is -0.423 e. The predicted octanol–water partition coefficient (Wildman–Crippen LogP) is 5.00. The van der Waals surface area contributed by atoms with E-state index in [4.69, 9.17) is 9.15 Å². The second-order valence-corrected chi connectivity index (χ2v) is 8.62. The monoisotopic (exact) mass is 433 g/mol. The van der Waals surface area contributed by atoms with Crippen LogP contribution in [-0.2, 0) is 0 Å². The van der Waals surface area contributed by atoms with E-state index in [-0.39, 0.29) is 22.9 Å². The Morgan fingerprint density at radius 3 is 2.34 bits per heavy atom. The molecule has 1 saturated carbocycles. The fourth-order valence-corrected chi connectivity index (χ4v) is 4.48. The summed E-state index contributed by atoms with van der Waals surface area (Å²) in [7, 11) is 0. The topological polar surface area (TPSA) is 85.6 Å². The average molecular weight is 434 g/mol. The van der Waals surface area contributed by atoms with Crippen LogP contribution in [0.15, 0.2) is 45.6 Å². The summed E-state index contributed by atoms with van der Waals surface area (Å²) in [5.41, 5.74) is 2.81. The van der Waals surface area contributed by atoms with Gasteiger partial charge in [-0.05, 0) is 62.9 Å². The van der Waals surface area contributed by atoms with E-state index in [0.29, 0.717) is 10.9 Å². The Bertz CT molecular complexity index is 1230. The molecule has 32 heavy (non-hydrogen) atoms. The molecule has 1 aromatic heterocycles. The van der Waals surface area contributed by atoms with E-state index in [1.807, 2.05) is 32.9 Å². The molecule has 0 aliphatic heterocycles. The lowest BCUT2D eigenvalue weighted by molar-refractivity contribution is 0.0733. The van der Waals surface area contributed by atoms with Gasteiger partial charge in [0.1, 0.15) is 16.9 Å². The van der Waals surface area contributed by atoms with Gasteiger partial charge in [0.2, 0.25) is 0 Å². The van der Waals surface area contributed by atoms with E-state index < -0.39 is 17.5 Å². The third-order valence-corrected chi connectivity index (χ3v) is 5.98. The first-order chi connectivity index (χ1) is 15.3.